The van der Waals surface area contributed by atoms with Gasteiger partial charge in [0.25, 0.3) is 0 Å². The fourth-order valence-corrected chi connectivity index (χ4v) is 3.51. The molecule has 0 bridgehead atoms. The molecule has 1 aromatic carbocycles. The normalized spacial score (nSPS) is 16.0. The Morgan fingerprint density at radius 3 is 2.50 bits per heavy atom. The van der Waals surface area contributed by atoms with Crippen LogP contribution in [-0.2, 0) is 6.54 Å². The van der Waals surface area contributed by atoms with Crippen molar-refractivity contribution in [2.75, 3.05) is 33.8 Å². The third-order valence-electron chi connectivity index (χ3n) is 5.49. The molecule has 0 spiro atoms. The highest BCUT2D eigenvalue weighted by Crippen LogP contribution is 2.20. The van der Waals surface area contributed by atoms with Crippen molar-refractivity contribution in [3.05, 3.63) is 29.6 Å². The van der Waals surface area contributed by atoms with Crippen molar-refractivity contribution < 1.29 is 9.13 Å². The molecule has 0 radical (unpaired) electrons. The second kappa shape index (κ2) is 13.2. The quantitative estimate of drug-likeness (QED) is 0.318. The zero-order chi connectivity index (χ0) is 19.6. The number of nitrogens with zero attached hydrogens (tertiary/aromatic N) is 2. The minimum absolute atomic E-state index is 0. The second-order valence-electron chi connectivity index (χ2n) is 7.30. The van der Waals surface area contributed by atoms with Crippen LogP contribution in [0.15, 0.2) is 23.2 Å². The van der Waals surface area contributed by atoms with Crippen molar-refractivity contribution in [1.82, 2.24) is 15.5 Å². The predicted molar refractivity (Wildman–Crippen MR) is 125 cm³/mol. The van der Waals surface area contributed by atoms with E-state index in [0.717, 1.165) is 50.5 Å². The van der Waals surface area contributed by atoms with Crippen LogP contribution in [0.5, 0.6) is 5.75 Å². The van der Waals surface area contributed by atoms with Crippen LogP contribution in [0.25, 0.3) is 0 Å². The molecule has 0 unspecified atom stereocenters. The molecule has 0 aromatic heterocycles. The van der Waals surface area contributed by atoms with E-state index in [9.17, 15) is 4.39 Å². The first kappa shape index (κ1) is 24.9. The van der Waals surface area contributed by atoms with Crippen molar-refractivity contribution in [2.45, 2.75) is 52.1 Å². The zero-order valence-corrected chi connectivity index (χ0v) is 20.0. The van der Waals surface area contributed by atoms with Gasteiger partial charge in [0.15, 0.2) is 17.5 Å². The number of methoxy groups -OCH3 is 1. The van der Waals surface area contributed by atoms with Crippen LogP contribution in [0.2, 0.25) is 0 Å². The molecule has 1 aliphatic heterocycles. The van der Waals surface area contributed by atoms with Crippen LogP contribution in [0.3, 0.4) is 0 Å². The first-order valence-electron chi connectivity index (χ1n) is 10.1. The predicted octanol–water partition coefficient (Wildman–Crippen LogP) is 4.02. The molecule has 2 rings (SSSR count). The summed E-state index contributed by atoms with van der Waals surface area (Å²) in [5, 5.41) is 7.01. The first-order valence-corrected chi connectivity index (χ1v) is 10.1. The van der Waals surface area contributed by atoms with E-state index in [4.69, 9.17) is 4.74 Å². The minimum atomic E-state index is -0.293. The van der Waals surface area contributed by atoms with E-state index in [2.05, 4.69) is 34.4 Å². The molecule has 0 aliphatic carbocycles. The van der Waals surface area contributed by atoms with Gasteiger partial charge in [-0.1, -0.05) is 32.8 Å². The Bertz CT molecular complexity index is 602. The molecule has 0 saturated carbocycles. The van der Waals surface area contributed by atoms with Gasteiger partial charge in [-0.25, -0.2) is 4.39 Å². The van der Waals surface area contributed by atoms with E-state index in [1.54, 1.807) is 12.1 Å². The van der Waals surface area contributed by atoms with Gasteiger partial charge in [0.2, 0.25) is 0 Å². The molecule has 1 aliphatic rings. The number of hydrogen-bond acceptors (Lipinski definition) is 3. The molecule has 160 valence electrons. The van der Waals surface area contributed by atoms with Crippen LogP contribution in [0.4, 0.5) is 4.39 Å². The lowest BCUT2D eigenvalue weighted by Crippen LogP contribution is -2.49. The number of aliphatic imine (C=N–C) groups is 1. The van der Waals surface area contributed by atoms with E-state index in [0.29, 0.717) is 17.7 Å². The number of guanidine groups is 1. The number of rotatable bonds is 8. The highest BCUT2D eigenvalue weighted by molar-refractivity contribution is 14.0. The first-order chi connectivity index (χ1) is 13.1. The summed E-state index contributed by atoms with van der Waals surface area (Å²) in [5.74, 6) is 1.60. The number of piperidine rings is 1. The third-order valence-corrected chi connectivity index (χ3v) is 5.49. The number of benzene rings is 1. The molecule has 28 heavy (non-hydrogen) atoms. The summed E-state index contributed by atoms with van der Waals surface area (Å²) < 4.78 is 18.8. The Balaban J connectivity index is 0.00000392. The van der Waals surface area contributed by atoms with Gasteiger partial charge in [0.1, 0.15) is 0 Å². The fourth-order valence-electron chi connectivity index (χ4n) is 3.51. The topological polar surface area (TPSA) is 48.9 Å². The summed E-state index contributed by atoms with van der Waals surface area (Å²) in [6.07, 6.45) is 4.49. The summed E-state index contributed by atoms with van der Waals surface area (Å²) in [6.45, 7) is 8.19. The third kappa shape index (κ3) is 7.73. The van der Waals surface area contributed by atoms with E-state index in [-0.39, 0.29) is 29.8 Å². The highest BCUT2D eigenvalue weighted by atomic mass is 127. The van der Waals surface area contributed by atoms with E-state index < -0.39 is 0 Å². The average molecular weight is 506 g/mol. The summed E-state index contributed by atoms with van der Waals surface area (Å²) in [4.78, 5) is 6.74. The molecule has 0 amide bonds. The van der Waals surface area contributed by atoms with Gasteiger partial charge >= 0.3 is 0 Å². The number of hydrogen-bond donors (Lipinski definition) is 2. The Labute approximate surface area is 186 Å². The molecule has 0 atom stereocenters. The standard InChI is InChI=1S/C21H35FN4O.HI/c1-5-16(6-2)14-24-21(23-3)25-18-9-11-26(12-10-18)15-17-7-8-20(27-4)19(22)13-17;/h7-8,13,16,18H,5-6,9-12,14-15H2,1-4H3,(H2,23,24,25);1H. The molecule has 2 N–H and O–H groups in total. The van der Waals surface area contributed by atoms with Crippen LogP contribution < -0.4 is 15.4 Å². The smallest absolute Gasteiger partial charge is 0.191 e. The lowest BCUT2D eigenvalue weighted by atomic mass is 10.0. The molecule has 1 saturated heterocycles. The Morgan fingerprint density at radius 2 is 1.96 bits per heavy atom. The van der Waals surface area contributed by atoms with Crippen LogP contribution in [0, 0.1) is 11.7 Å². The van der Waals surface area contributed by atoms with Crippen molar-refractivity contribution in [3.8, 4) is 5.75 Å². The van der Waals surface area contributed by atoms with Crippen molar-refractivity contribution >= 4 is 29.9 Å². The van der Waals surface area contributed by atoms with Gasteiger partial charge in [-0.15, -0.1) is 24.0 Å². The fraction of sp³-hybridized carbons (Fsp3) is 0.667. The maximum Gasteiger partial charge on any atom is 0.191 e. The van der Waals surface area contributed by atoms with Crippen LogP contribution >= 0.6 is 24.0 Å². The number of halogens is 2. The lowest BCUT2D eigenvalue weighted by Gasteiger charge is -2.33. The molecule has 1 heterocycles. The molecule has 1 aromatic rings. The second-order valence-corrected chi connectivity index (χ2v) is 7.30. The van der Waals surface area contributed by atoms with Crippen molar-refractivity contribution in [2.24, 2.45) is 10.9 Å². The maximum atomic E-state index is 13.9. The SMILES string of the molecule is CCC(CC)CNC(=NC)NC1CCN(Cc2ccc(OC)c(F)c2)CC1.I. The van der Waals surface area contributed by atoms with Gasteiger partial charge in [-0.2, -0.15) is 0 Å². The average Bonchev–Trinajstić information content (AvgIpc) is 2.69. The number of nitrogens with one attached hydrogen (secondary N) is 2. The summed E-state index contributed by atoms with van der Waals surface area (Å²) in [6, 6.07) is 5.65. The Hall–Kier alpha value is -1.09. The van der Waals surface area contributed by atoms with Gasteiger partial charge < -0.3 is 15.4 Å². The number of likely N-dealkylation sites (tertiary alicyclic amines) is 1. The maximum absolute atomic E-state index is 13.9. The van der Waals surface area contributed by atoms with Crippen LogP contribution in [0.1, 0.15) is 45.1 Å². The molecule has 7 heteroatoms. The molecular weight excluding hydrogens is 470 g/mol. The zero-order valence-electron chi connectivity index (χ0n) is 17.6. The summed E-state index contributed by atoms with van der Waals surface area (Å²) in [7, 11) is 3.32. The van der Waals surface area contributed by atoms with Crippen LogP contribution in [-0.4, -0.2) is 50.7 Å². The van der Waals surface area contributed by atoms with E-state index in [1.807, 2.05) is 13.1 Å². The van der Waals surface area contributed by atoms with E-state index >= 15 is 0 Å². The van der Waals surface area contributed by atoms with E-state index in [1.165, 1.54) is 20.0 Å². The monoisotopic (exact) mass is 506 g/mol. The largest absolute Gasteiger partial charge is 0.494 e. The lowest BCUT2D eigenvalue weighted by molar-refractivity contribution is 0.198. The van der Waals surface area contributed by atoms with Gasteiger partial charge in [0, 0.05) is 39.3 Å². The summed E-state index contributed by atoms with van der Waals surface area (Å²) >= 11 is 0. The highest BCUT2D eigenvalue weighted by Gasteiger charge is 2.20. The van der Waals surface area contributed by atoms with Crippen molar-refractivity contribution in [3.63, 3.8) is 0 Å². The van der Waals surface area contributed by atoms with Crippen molar-refractivity contribution in [1.29, 1.82) is 0 Å². The number of ether oxygens (including phenoxy) is 1. The van der Waals surface area contributed by atoms with Gasteiger partial charge in [0.05, 0.1) is 7.11 Å². The van der Waals surface area contributed by atoms with Gasteiger partial charge in [-0.3, -0.25) is 9.89 Å². The Morgan fingerprint density at radius 1 is 1.29 bits per heavy atom. The molecule has 1 fully saturated rings. The minimum Gasteiger partial charge on any atom is -0.494 e. The summed E-state index contributed by atoms with van der Waals surface area (Å²) in [5.41, 5.74) is 0.988. The van der Waals surface area contributed by atoms with Gasteiger partial charge in [-0.05, 0) is 36.5 Å². The molecule has 5 nitrogen and oxygen atoms in total. The Kier molecular flexibility index (Phi) is 11.8. The molecular formula is C21H36FIN4O.